The summed E-state index contributed by atoms with van der Waals surface area (Å²) in [5, 5.41) is 6.27. The molecular formula is C23H25ClIN4O3S2. The number of rotatable bonds is 3. The van der Waals surface area contributed by atoms with Crippen LogP contribution in [0.15, 0.2) is 51.9 Å². The van der Waals surface area contributed by atoms with E-state index in [0.717, 1.165) is 34.3 Å². The van der Waals surface area contributed by atoms with Crippen LogP contribution in [0, 0.1) is 0 Å². The Morgan fingerprint density at radius 3 is 2.50 bits per heavy atom. The van der Waals surface area contributed by atoms with E-state index < -0.39 is 10.0 Å². The predicted octanol–water partition coefficient (Wildman–Crippen LogP) is -0.205. The average Bonchev–Trinajstić information content (AvgIpc) is 3.20. The van der Waals surface area contributed by atoms with Crippen LogP contribution in [0.1, 0.15) is 20.3 Å². The minimum absolute atomic E-state index is 0. The summed E-state index contributed by atoms with van der Waals surface area (Å²) in [7, 11) is -3.65. The third-order valence-electron chi connectivity index (χ3n) is 6.24. The van der Waals surface area contributed by atoms with Gasteiger partial charge >= 0.3 is 11.0 Å². The quantitative estimate of drug-likeness (QED) is 0.475. The first kappa shape index (κ1) is 25.9. The monoisotopic (exact) mass is 631 g/mol. The predicted molar refractivity (Wildman–Crippen MR) is 133 cm³/mol. The lowest BCUT2D eigenvalue weighted by atomic mass is 9.95. The summed E-state index contributed by atoms with van der Waals surface area (Å²) in [6, 6.07) is 10.4. The standard InChI is InChI=1S/C23H25ClN4O3S2.HI/c1-23(2)13-19-20(14-25-23)32-21(26-19)22(29)27-7-9-28(10-8-27)33(30,31)18-6-4-15-11-17(24)5-3-16(15)12-18;/h3-6,11-12,25H,7-10,13-14H2,1-2H3;1H/q+1;/p-1. The van der Waals surface area contributed by atoms with E-state index in [2.05, 4.69) is 24.2 Å². The number of aliphatic imine (C=N–C) groups is 1. The normalized spacial score (nSPS) is 20.7. The van der Waals surface area contributed by atoms with Crippen LogP contribution < -0.4 is 34.3 Å². The van der Waals surface area contributed by atoms with Gasteiger partial charge in [0.25, 0.3) is 5.70 Å². The highest BCUT2D eigenvalue weighted by Crippen LogP contribution is 2.34. The molecule has 34 heavy (non-hydrogen) atoms. The van der Waals surface area contributed by atoms with Gasteiger partial charge in [-0.2, -0.15) is 4.31 Å². The molecule has 0 aromatic heterocycles. The van der Waals surface area contributed by atoms with Crippen molar-refractivity contribution in [3.8, 4) is 0 Å². The fraction of sp³-hybridized carbons (Fsp3) is 0.391. The first-order valence-corrected chi connectivity index (χ1v) is 13.5. The smallest absolute Gasteiger partial charge is 0.380 e. The van der Waals surface area contributed by atoms with Gasteiger partial charge in [0, 0.05) is 43.3 Å². The van der Waals surface area contributed by atoms with E-state index >= 15 is 0 Å². The fourth-order valence-electron chi connectivity index (χ4n) is 4.32. The SMILES string of the molecule is CC1(C)CC2=C(CN1)SC(C(=O)N1CCN(S(=O)(=O)c3ccc4cc(Cl)ccc4c3)CC1)=[N+]2.[I-]. The summed E-state index contributed by atoms with van der Waals surface area (Å²) in [5.41, 5.74) is 0.960. The number of halogens is 2. The van der Waals surface area contributed by atoms with E-state index in [1.54, 1.807) is 29.2 Å². The number of thioether (sulfide) groups is 1. The first-order chi connectivity index (χ1) is 15.6. The number of hydrogen-bond donors (Lipinski definition) is 1. The molecule has 11 heteroatoms. The number of hydrogen-bond acceptors (Lipinski definition) is 6. The van der Waals surface area contributed by atoms with Gasteiger partial charge in [-0.05, 0) is 60.6 Å². The van der Waals surface area contributed by atoms with Crippen LogP contribution >= 0.6 is 23.4 Å². The van der Waals surface area contributed by atoms with E-state index in [9.17, 15) is 13.2 Å². The molecule has 0 saturated carbocycles. The minimum atomic E-state index is -3.65. The Hall–Kier alpha value is -1.18. The van der Waals surface area contributed by atoms with E-state index in [-0.39, 0.29) is 53.4 Å². The largest absolute Gasteiger partial charge is 1.00 e. The molecule has 7 nitrogen and oxygen atoms in total. The van der Waals surface area contributed by atoms with Crippen LogP contribution in [-0.2, 0) is 14.8 Å². The molecule has 2 aromatic carbocycles. The molecule has 181 valence electrons. The number of amides is 1. The maximum atomic E-state index is 13.2. The van der Waals surface area contributed by atoms with Crippen LogP contribution in [0.25, 0.3) is 10.8 Å². The van der Waals surface area contributed by atoms with Gasteiger partial charge < -0.3 is 34.2 Å². The molecule has 2 aromatic rings. The van der Waals surface area contributed by atoms with Gasteiger partial charge in [-0.15, -0.1) is 0 Å². The van der Waals surface area contributed by atoms with Crippen molar-refractivity contribution in [1.82, 2.24) is 19.5 Å². The van der Waals surface area contributed by atoms with Crippen LogP contribution in [0.5, 0.6) is 0 Å². The second-order valence-electron chi connectivity index (χ2n) is 9.15. The number of nitrogens with zero attached hydrogens (tertiary/aromatic N) is 3. The number of sulfonamides is 1. The van der Waals surface area contributed by atoms with Gasteiger partial charge in [-0.25, -0.2) is 8.42 Å². The third-order valence-corrected chi connectivity index (χ3v) is 9.45. The summed E-state index contributed by atoms with van der Waals surface area (Å²) < 4.78 is 27.9. The molecule has 5 rings (SSSR count). The number of nitrogens with one attached hydrogen (secondary N) is 1. The molecule has 3 aliphatic heterocycles. The maximum absolute atomic E-state index is 13.2. The highest BCUT2D eigenvalue weighted by molar-refractivity contribution is 8.19. The molecule has 0 spiro atoms. The second-order valence-corrected chi connectivity index (χ2v) is 12.6. The van der Waals surface area contributed by atoms with Gasteiger partial charge in [0.15, 0.2) is 0 Å². The molecule has 0 aliphatic carbocycles. The third kappa shape index (κ3) is 5.03. The topological polar surface area (TPSA) is 83.8 Å². The summed E-state index contributed by atoms with van der Waals surface area (Å²) >= 11 is 7.47. The molecule has 3 heterocycles. The number of carbonyl (C=O) groups is 1. The summed E-state index contributed by atoms with van der Waals surface area (Å²) in [5.74, 6) is -0.119. The lowest BCUT2D eigenvalue weighted by Crippen LogP contribution is -3.00. The highest BCUT2D eigenvalue weighted by Gasteiger charge is 2.44. The second kappa shape index (κ2) is 9.70. The van der Waals surface area contributed by atoms with Crippen molar-refractivity contribution in [2.75, 3.05) is 32.7 Å². The van der Waals surface area contributed by atoms with Gasteiger partial charge in [0.1, 0.15) is 0 Å². The van der Waals surface area contributed by atoms with E-state index in [1.165, 1.54) is 16.1 Å². The molecule has 1 N–H and O–H groups in total. The number of piperazine rings is 1. The van der Waals surface area contributed by atoms with Crippen molar-refractivity contribution < 1.29 is 37.2 Å². The van der Waals surface area contributed by atoms with E-state index in [0.29, 0.717) is 23.2 Å². The Morgan fingerprint density at radius 2 is 1.76 bits per heavy atom. The maximum Gasteiger partial charge on any atom is 0.380 e. The van der Waals surface area contributed by atoms with E-state index in [4.69, 9.17) is 11.6 Å². The van der Waals surface area contributed by atoms with Crippen LogP contribution in [0.4, 0.5) is 0 Å². The zero-order chi connectivity index (χ0) is 23.4. The zero-order valence-corrected chi connectivity index (χ0v) is 23.4. The molecule has 3 aliphatic rings. The van der Waals surface area contributed by atoms with Crippen molar-refractivity contribution in [1.29, 1.82) is 0 Å². The average molecular weight is 632 g/mol. The molecule has 0 atom stereocenters. The number of benzene rings is 2. The Balaban J connectivity index is 0.00000274. The van der Waals surface area contributed by atoms with E-state index in [1.807, 2.05) is 12.1 Å². The molecule has 1 radical (unpaired) electrons. The molecule has 1 fully saturated rings. The summed E-state index contributed by atoms with van der Waals surface area (Å²) in [6.07, 6.45) is 0.788. The summed E-state index contributed by atoms with van der Waals surface area (Å²) in [6.45, 7) is 6.17. The molecule has 1 saturated heterocycles. The molecular weight excluding hydrogens is 607 g/mol. The van der Waals surface area contributed by atoms with Crippen molar-refractivity contribution in [2.45, 2.75) is 30.7 Å². The van der Waals surface area contributed by atoms with Gasteiger partial charge in [-0.1, -0.05) is 23.7 Å². The zero-order valence-electron chi connectivity index (χ0n) is 18.8. The van der Waals surface area contributed by atoms with Crippen molar-refractivity contribution in [3.63, 3.8) is 0 Å². The Bertz CT molecular complexity index is 1320. The van der Waals surface area contributed by atoms with Crippen LogP contribution in [-0.4, -0.2) is 66.8 Å². The fourth-order valence-corrected chi connectivity index (χ4v) is 6.95. The highest BCUT2D eigenvalue weighted by atomic mass is 127. The molecule has 1 amide bonds. The minimum Gasteiger partial charge on any atom is -1.00 e. The van der Waals surface area contributed by atoms with Gasteiger partial charge in [-0.3, -0.25) is 4.79 Å². The van der Waals surface area contributed by atoms with Crippen molar-refractivity contribution in [3.05, 3.63) is 52.0 Å². The van der Waals surface area contributed by atoms with Gasteiger partial charge in [0.05, 0.1) is 21.2 Å². The summed E-state index contributed by atoms with van der Waals surface area (Å²) in [4.78, 5) is 20.7. The van der Waals surface area contributed by atoms with Crippen LogP contribution in [0.2, 0.25) is 5.02 Å². The van der Waals surface area contributed by atoms with Crippen molar-refractivity contribution in [2.24, 2.45) is 0 Å². The van der Waals surface area contributed by atoms with Gasteiger partial charge in [0.2, 0.25) is 10.0 Å². The lowest BCUT2D eigenvalue weighted by molar-refractivity contribution is -0.124. The molecule has 0 unspecified atom stereocenters. The first-order valence-electron chi connectivity index (χ1n) is 10.8. The lowest BCUT2D eigenvalue weighted by Gasteiger charge is -2.33. The van der Waals surface area contributed by atoms with Crippen LogP contribution in [0.3, 0.4) is 0 Å². The number of fused-ring (bicyclic) bond motifs is 1. The Labute approximate surface area is 226 Å². The number of carbonyl (C=O) groups excluding carboxylic acids is 1. The Kier molecular flexibility index (Phi) is 7.39. The Morgan fingerprint density at radius 1 is 1.09 bits per heavy atom. The molecule has 0 bridgehead atoms. The van der Waals surface area contributed by atoms with Crippen molar-refractivity contribution >= 4 is 55.1 Å².